The lowest BCUT2D eigenvalue weighted by atomic mass is 10.0. The molecule has 0 unspecified atom stereocenters. The number of piperidine rings is 1. The van der Waals surface area contributed by atoms with Gasteiger partial charge in [-0.05, 0) is 75.8 Å². The van der Waals surface area contributed by atoms with Crippen LogP contribution in [-0.2, 0) is 24.3 Å². The van der Waals surface area contributed by atoms with Gasteiger partial charge in [0.15, 0.2) is 0 Å². The molecule has 1 aliphatic rings. The summed E-state index contributed by atoms with van der Waals surface area (Å²) in [5.74, 6) is 0.469. The minimum atomic E-state index is -5.51. The number of sulfonamides is 1. The van der Waals surface area contributed by atoms with Crippen molar-refractivity contribution in [3.8, 4) is 0 Å². The first kappa shape index (κ1) is 33.6. The van der Waals surface area contributed by atoms with Crippen molar-refractivity contribution < 1.29 is 34.2 Å². The summed E-state index contributed by atoms with van der Waals surface area (Å²) in [6.45, 7) is 8.80. The molecule has 230 valence electrons. The Morgan fingerprint density at radius 2 is 1.71 bits per heavy atom. The van der Waals surface area contributed by atoms with Gasteiger partial charge in [-0.2, -0.15) is 12.6 Å². The van der Waals surface area contributed by atoms with E-state index in [1.807, 2.05) is 30.3 Å². The lowest BCUT2D eigenvalue weighted by Gasteiger charge is -2.38. The Morgan fingerprint density at radius 1 is 1.07 bits per heavy atom. The number of rotatable bonds is 14. The average Bonchev–Trinajstić information content (AvgIpc) is 2.90. The molecule has 0 aromatic heterocycles. The highest BCUT2D eigenvalue weighted by atomic mass is 32.2. The zero-order chi connectivity index (χ0) is 30.3. The molecule has 1 fully saturated rings. The van der Waals surface area contributed by atoms with Crippen LogP contribution in [0.5, 0.6) is 0 Å². The van der Waals surface area contributed by atoms with Gasteiger partial charge in [-0.25, -0.2) is 13.6 Å². The van der Waals surface area contributed by atoms with E-state index in [-0.39, 0.29) is 11.7 Å². The number of primary sulfonamides is 1. The maximum absolute atomic E-state index is 12.9. The molecule has 2 aromatic carbocycles. The Bertz CT molecular complexity index is 1330. The van der Waals surface area contributed by atoms with Gasteiger partial charge in [0, 0.05) is 29.3 Å². The number of nitrogens with one attached hydrogen (secondary N) is 1. The molecule has 0 aliphatic carbocycles. The van der Waals surface area contributed by atoms with E-state index in [0.29, 0.717) is 30.8 Å². The lowest BCUT2D eigenvalue weighted by molar-refractivity contribution is -0.271. The predicted octanol–water partition coefficient (Wildman–Crippen LogP) is 4.33. The van der Waals surface area contributed by atoms with E-state index in [1.165, 1.54) is 11.8 Å². The number of thioether (sulfide) groups is 1. The van der Waals surface area contributed by atoms with Crippen LogP contribution in [0.4, 0.5) is 18.9 Å². The maximum Gasteiger partial charge on any atom is 0.537 e. The fourth-order valence-electron chi connectivity index (χ4n) is 4.89. The second-order valence-electron chi connectivity index (χ2n) is 9.73. The average molecular weight is 639 g/mol. The van der Waals surface area contributed by atoms with E-state index in [1.54, 1.807) is 0 Å². The normalized spacial score (nSPS) is 16.7. The van der Waals surface area contributed by atoms with Crippen LogP contribution in [0, 0.1) is 0 Å². The quantitative estimate of drug-likeness (QED) is 0.230. The summed E-state index contributed by atoms with van der Waals surface area (Å²) in [6.07, 6.45) is -2.88. The van der Waals surface area contributed by atoms with Gasteiger partial charge in [0.25, 0.3) is 0 Å². The Balaban J connectivity index is 1.83. The second-order valence-corrected chi connectivity index (χ2v) is 13.9. The minimum Gasteiger partial charge on any atom is -0.380 e. The fourth-order valence-corrected chi connectivity index (χ4v) is 7.51. The molecule has 3 N–H and O–H groups in total. The minimum absolute atomic E-state index is 0.208. The fraction of sp³-hybridized carbons (Fsp3) is 0.538. The molecule has 1 aliphatic heterocycles. The van der Waals surface area contributed by atoms with Gasteiger partial charge in [0.1, 0.15) is 4.90 Å². The van der Waals surface area contributed by atoms with Crippen molar-refractivity contribution in [2.75, 3.05) is 43.8 Å². The molecule has 0 amide bonds. The number of alkyl halides is 3. The molecule has 1 heterocycles. The van der Waals surface area contributed by atoms with Crippen molar-refractivity contribution in [1.82, 2.24) is 9.80 Å². The van der Waals surface area contributed by atoms with E-state index in [4.69, 9.17) is 5.14 Å². The number of anilines is 1. The Hall–Kier alpha value is -1.88. The van der Waals surface area contributed by atoms with Crippen molar-refractivity contribution in [3.05, 3.63) is 48.5 Å². The van der Waals surface area contributed by atoms with Crippen LogP contribution in [0.1, 0.15) is 33.1 Å². The summed E-state index contributed by atoms with van der Waals surface area (Å²) in [6, 6.07) is 12.4. The third-order valence-corrected chi connectivity index (χ3v) is 10.4. The van der Waals surface area contributed by atoms with Gasteiger partial charge < -0.3 is 15.1 Å². The molecule has 0 spiro atoms. The van der Waals surface area contributed by atoms with E-state index >= 15 is 0 Å². The Morgan fingerprint density at radius 3 is 2.27 bits per heavy atom. The monoisotopic (exact) mass is 638 g/mol. The van der Waals surface area contributed by atoms with Crippen LogP contribution < -0.4 is 10.5 Å². The van der Waals surface area contributed by atoms with Crippen LogP contribution in [-0.4, -0.2) is 83.6 Å². The summed E-state index contributed by atoms with van der Waals surface area (Å²) >= 11 is 1.51. The molecule has 1 atom stereocenters. The highest BCUT2D eigenvalue weighted by Crippen LogP contribution is 2.32. The molecule has 0 bridgehead atoms. The van der Waals surface area contributed by atoms with E-state index in [0.717, 1.165) is 56.0 Å². The molecule has 3 rings (SSSR count). The topological polar surface area (TPSA) is 122 Å². The molecular weight excluding hydrogens is 602 g/mol. The number of benzene rings is 2. The predicted molar refractivity (Wildman–Crippen MR) is 154 cm³/mol. The smallest absolute Gasteiger partial charge is 0.380 e. The van der Waals surface area contributed by atoms with Gasteiger partial charge in [-0.3, -0.25) is 0 Å². The zero-order valence-electron chi connectivity index (χ0n) is 23.0. The molecule has 15 heteroatoms. The highest BCUT2D eigenvalue weighted by molar-refractivity contribution is 7.99. The summed E-state index contributed by atoms with van der Waals surface area (Å²) in [7, 11) is -9.83. The van der Waals surface area contributed by atoms with Gasteiger partial charge in [-0.1, -0.05) is 32.0 Å². The summed E-state index contributed by atoms with van der Waals surface area (Å²) in [5.41, 5.74) is -0.208. The van der Waals surface area contributed by atoms with E-state index in [2.05, 4.69) is 33.1 Å². The summed E-state index contributed by atoms with van der Waals surface area (Å²) in [5, 5.41) is 8.17. The maximum atomic E-state index is 12.9. The molecule has 9 nitrogen and oxygen atoms in total. The largest absolute Gasteiger partial charge is 0.537 e. The summed E-state index contributed by atoms with van der Waals surface area (Å²) in [4.78, 5) is 4.14. The first-order valence-corrected chi connectivity index (χ1v) is 17.3. The first-order chi connectivity index (χ1) is 19.2. The third-order valence-electron chi connectivity index (χ3n) is 6.99. The molecule has 41 heavy (non-hydrogen) atoms. The van der Waals surface area contributed by atoms with Gasteiger partial charge in [-0.15, -0.1) is 24.9 Å². The van der Waals surface area contributed by atoms with Crippen molar-refractivity contribution in [1.29, 1.82) is 0 Å². The first-order valence-electron chi connectivity index (χ1n) is 13.3. The van der Waals surface area contributed by atoms with E-state index < -0.39 is 36.3 Å². The standard InChI is InChI=1S/C26H37F3N4O5S3/c1-3-33(4-2)21-13-16-32(17-14-21)15-12-20(19-39-22-8-6-5-7-9-22)31-24-11-10-23(40(30,34)35)18-25(24)41(36,37)38-26(27,28)29/h5-11,18,20-21,31H,3-4,12-17,19H2,1-2H3,(H2,30,34,35)/t20-/m1/s1. The number of nitrogens with zero attached hydrogens (tertiary/aromatic N) is 2. The lowest BCUT2D eigenvalue weighted by Crippen LogP contribution is -2.45. The molecule has 1 saturated heterocycles. The van der Waals surface area contributed by atoms with Crippen molar-refractivity contribution in [2.24, 2.45) is 5.14 Å². The van der Waals surface area contributed by atoms with Crippen LogP contribution >= 0.6 is 11.8 Å². The van der Waals surface area contributed by atoms with Crippen molar-refractivity contribution in [2.45, 2.75) is 66.2 Å². The van der Waals surface area contributed by atoms with Gasteiger partial charge in [0.2, 0.25) is 10.0 Å². The molecule has 0 radical (unpaired) electrons. The number of halogens is 3. The van der Waals surface area contributed by atoms with Crippen LogP contribution in [0.3, 0.4) is 0 Å². The number of nitrogens with two attached hydrogens (primary N) is 1. The SMILES string of the molecule is CCN(CC)C1CCN(CC[C@H](CSc2ccccc2)Nc2ccc(S(N)(=O)=O)cc2S(=O)(=O)OC(F)(F)F)CC1. The second kappa shape index (κ2) is 14.5. The van der Waals surface area contributed by atoms with Gasteiger partial charge >= 0.3 is 16.5 Å². The van der Waals surface area contributed by atoms with Crippen LogP contribution in [0.15, 0.2) is 63.2 Å². The number of likely N-dealkylation sites (tertiary alicyclic amines) is 1. The third kappa shape index (κ3) is 10.4. The zero-order valence-corrected chi connectivity index (χ0v) is 25.5. The van der Waals surface area contributed by atoms with Gasteiger partial charge in [0.05, 0.1) is 10.6 Å². The Labute approximate surface area is 244 Å². The van der Waals surface area contributed by atoms with Crippen molar-refractivity contribution in [3.63, 3.8) is 0 Å². The van der Waals surface area contributed by atoms with Crippen LogP contribution in [0.25, 0.3) is 0 Å². The van der Waals surface area contributed by atoms with Crippen LogP contribution in [0.2, 0.25) is 0 Å². The molecule has 0 saturated carbocycles. The Kier molecular flexibility index (Phi) is 11.9. The van der Waals surface area contributed by atoms with Crippen molar-refractivity contribution >= 4 is 37.6 Å². The molecule has 2 aromatic rings. The highest BCUT2D eigenvalue weighted by Gasteiger charge is 2.39. The summed E-state index contributed by atoms with van der Waals surface area (Å²) < 4.78 is 91.2. The molecular formula is C26H37F3N4O5S3. The number of hydrogen-bond acceptors (Lipinski definition) is 9. The van der Waals surface area contributed by atoms with E-state index in [9.17, 15) is 30.0 Å². The number of hydrogen-bond donors (Lipinski definition) is 2.